The second-order valence-corrected chi connectivity index (χ2v) is 7.71. The Labute approximate surface area is 99.9 Å². The highest BCUT2D eigenvalue weighted by Gasteiger charge is 2.56. The molecule has 0 saturated heterocycles. The summed E-state index contributed by atoms with van der Waals surface area (Å²) in [5.74, 6) is 1.33. The van der Waals surface area contributed by atoms with Crippen LogP contribution in [0.2, 0.25) is 0 Å². The lowest BCUT2D eigenvalue weighted by Crippen LogP contribution is -2.28. The molecule has 0 spiro atoms. The van der Waals surface area contributed by atoms with Crippen molar-refractivity contribution in [1.29, 1.82) is 0 Å². The van der Waals surface area contributed by atoms with Crippen LogP contribution in [0, 0.1) is 11.8 Å². The zero-order chi connectivity index (χ0) is 11.8. The van der Waals surface area contributed by atoms with Crippen molar-refractivity contribution in [2.45, 2.75) is 31.3 Å². The maximum Gasteiger partial charge on any atom is 0.309 e. The van der Waals surface area contributed by atoms with Crippen molar-refractivity contribution in [2.24, 2.45) is 11.8 Å². The van der Waals surface area contributed by atoms with E-state index in [0.717, 1.165) is 31.4 Å². The molecule has 2 saturated carbocycles. The van der Waals surface area contributed by atoms with Crippen molar-refractivity contribution < 1.29 is 14.6 Å². The molecule has 0 aromatic rings. The minimum atomic E-state index is -0.407. The van der Waals surface area contributed by atoms with Crippen LogP contribution < -0.4 is 0 Å². The Balaban J connectivity index is 1.70. The third-order valence-corrected chi connectivity index (χ3v) is 4.75. The molecule has 0 radical (unpaired) electrons. The van der Waals surface area contributed by atoms with Gasteiger partial charge >= 0.3 is 5.97 Å². The first-order chi connectivity index (χ1) is 7.51. The summed E-state index contributed by atoms with van der Waals surface area (Å²) in [6.07, 6.45) is 7.61. The van der Waals surface area contributed by atoms with Crippen LogP contribution in [0.3, 0.4) is 0 Å². The van der Waals surface area contributed by atoms with Crippen molar-refractivity contribution in [2.75, 3.05) is 24.9 Å². The van der Waals surface area contributed by atoms with Gasteiger partial charge in [-0.25, -0.2) is 0 Å². The van der Waals surface area contributed by atoms with Gasteiger partial charge in [0.25, 0.3) is 0 Å². The molecule has 2 aliphatic rings. The van der Waals surface area contributed by atoms with E-state index in [0.29, 0.717) is 23.4 Å². The fraction of sp³-hybridized carbons (Fsp3) is 0.917. The van der Waals surface area contributed by atoms with Gasteiger partial charge in [0.2, 0.25) is 0 Å². The summed E-state index contributed by atoms with van der Waals surface area (Å²) in [7, 11) is 0.340. The zero-order valence-corrected chi connectivity index (χ0v) is 10.9. The van der Waals surface area contributed by atoms with Crippen LogP contribution in [0.15, 0.2) is 0 Å². The highest BCUT2D eigenvalue weighted by Crippen LogP contribution is 2.55. The lowest BCUT2D eigenvalue weighted by molar-refractivity contribution is -0.149. The molecule has 2 aliphatic carbocycles. The SMILES string of the molecule is C[S+](C)CCOC(=O)[C@H]1CC[C@@]2(O)C[C@@H]2C1. The van der Waals surface area contributed by atoms with Crippen molar-refractivity contribution >= 4 is 16.9 Å². The molecule has 2 fully saturated rings. The maximum absolute atomic E-state index is 11.7. The molecule has 0 bridgehead atoms. The van der Waals surface area contributed by atoms with Crippen LogP contribution in [0.5, 0.6) is 0 Å². The Morgan fingerprint density at radius 2 is 2.31 bits per heavy atom. The Kier molecular flexibility index (Phi) is 3.50. The van der Waals surface area contributed by atoms with E-state index in [1.165, 1.54) is 0 Å². The van der Waals surface area contributed by atoms with Gasteiger partial charge in [-0.1, -0.05) is 0 Å². The Hall–Kier alpha value is -0.220. The van der Waals surface area contributed by atoms with Crippen molar-refractivity contribution in [3.63, 3.8) is 0 Å². The lowest BCUT2D eigenvalue weighted by atomic mass is 9.88. The molecule has 0 unspecified atom stereocenters. The third kappa shape index (κ3) is 2.72. The number of rotatable bonds is 4. The number of hydrogen-bond acceptors (Lipinski definition) is 3. The fourth-order valence-corrected chi connectivity index (χ4v) is 2.92. The zero-order valence-electron chi connectivity index (χ0n) is 10.1. The third-order valence-electron chi connectivity index (χ3n) is 3.76. The monoisotopic (exact) mass is 245 g/mol. The number of fused-ring (bicyclic) bond motifs is 1. The van der Waals surface area contributed by atoms with Crippen molar-refractivity contribution in [3.8, 4) is 0 Å². The normalized spacial score (nSPS) is 37.0. The summed E-state index contributed by atoms with van der Waals surface area (Å²) in [5.41, 5.74) is -0.407. The van der Waals surface area contributed by atoms with E-state index < -0.39 is 5.60 Å². The van der Waals surface area contributed by atoms with E-state index in [1.54, 1.807) is 0 Å². The molecule has 0 aliphatic heterocycles. The van der Waals surface area contributed by atoms with Gasteiger partial charge in [-0.3, -0.25) is 4.79 Å². The summed E-state index contributed by atoms with van der Waals surface area (Å²) in [6.45, 7) is 0.556. The van der Waals surface area contributed by atoms with Gasteiger partial charge in [-0.2, -0.15) is 0 Å². The number of ether oxygens (including phenoxy) is 1. The lowest BCUT2D eigenvalue weighted by Gasteiger charge is -2.23. The maximum atomic E-state index is 11.7. The molecule has 3 atom stereocenters. The van der Waals surface area contributed by atoms with E-state index in [2.05, 4.69) is 12.5 Å². The fourth-order valence-electron chi connectivity index (χ4n) is 2.50. The Morgan fingerprint density at radius 1 is 1.56 bits per heavy atom. The molecular weight excluding hydrogens is 224 g/mol. The highest BCUT2D eigenvalue weighted by molar-refractivity contribution is 7.95. The molecule has 0 aromatic carbocycles. The number of hydrogen-bond donors (Lipinski definition) is 1. The second kappa shape index (κ2) is 4.57. The van der Waals surface area contributed by atoms with Crippen molar-refractivity contribution in [3.05, 3.63) is 0 Å². The minimum Gasteiger partial charge on any atom is -0.460 e. The molecule has 3 nitrogen and oxygen atoms in total. The predicted octanol–water partition coefficient (Wildman–Crippen LogP) is 0.959. The minimum absolute atomic E-state index is 0.0422. The number of carbonyl (C=O) groups excluding carboxylic acids is 1. The quantitative estimate of drug-likeness (QED) is 0.593. The molecule has 0 aromatic heterocycles. The first kappa shape index (κ1) is 12.2. The Bertz CT molecular complexity index is 279. The van der Waals surface area contributed by atoms with Crippen LogP contribution >= 0.6 is 0 Å². The number of esters is 1. The number of carbonyl (C=O) groups is 1. The topological polar surface area (TPSA) is 46.5 Å². The molecule has 0 amide bonds. The molecule has 16 heavy (non-hydrogen) atoms. The van der Waals surface area contributed by atoms with Gasteiger partial charge in [-0.05, 0) is 42.5 Å². The average molecular weight is 245 g/mol. The van der Waals surface area contributed by atoms with Gasteiger partial charge in [0, 0.05) is 0 Å². The average Bonchev–Trinajstić information content (AvgIpc) is 2.87. The molecule has 1 N–H and O–H groups in total. The van der Waals surface area contributed by atoms with E-state index in [1.807, 2.05) is 0 Å². The molecule has 4 heteroatoms. The largest absolute Gasteiger partial charge is 0.460 e. The van der Waals surface area contributed by atoms with Crippen LogP contribution in [-0.2, 0) is 20.4 Å². The summed E-state index contributed by atoms with van der Waals surface area (Å²) in [6, 6.07) is 0. The van der Waals surface area contributed by atoms with Gasteiger partial charge < -0.3 is 9.84 Å². The summed E-state index contributed by atoms with van der Waals surface area (Å²) >= 11 is 0. The standard InChI is InChI=1S/C12H21O3S/c1-16(2)6-5-15-11(13)9-3-4-12(14)8-10(12)7-9/h9-10,14H,3-8H2,1-2H3/q+1/t9-,10-,12+/m0/s1. The molecular formula is C12H21O3S+. The van der Waals surface area contributed by atoms with Gasteiger partial charge in [-0.15, -0.1) is 0 Å². The molecule has 92 valence electrons. The molecule has 2 rings (SSSR count). The molecule has 0 heterocycles. The van der Waals surface area contributed by atoms with Gasteiger partial charge in [0.05, 0.1) is 24.0 Å². The number of aliphatic hydroxyl groups is 1. The Morgan fingerprint density at radius 3 is 2.94 bits per heavy atom. The summed E-state index contributed by atoms with van der Waals surface area (Å²) in [4.78, 5) is 11.7. The van der Waals surface area contributed by atoms with Crippen LogP contribution in [-0.4, -0.2) is 41.5 Å². The van der Waals surface area contributed by atoms with Crippen LogP contribution in [0.4, 0.5) is 0 Å². The highest BCUT2D eigenvalue weighted by atomic mass is 32.2. The second-order valence-electron chi connectivity index (χ2n) is 5.33. The predicted molar refractivity (Wildman–Crippen MR) is 65.4 cm³/mol. The van der Waals surface area contributed by atoms with E-state index in [-0.39, 0.29) is 11.9 Å². The first-order valence-electron chi connectivity index (χ1n) is 5.94. The smallest absolute Gasteiger partial charge is 0.309 e. The van der Waals surface area contributed by atoms with Gasteiger partial charge in [0.15, 0.2) is 0 Å². The summed E-state index contributed by atoms with van der Waals surface area (Å²) < 4.78 is 5.28. The summed E-state index contributed by atoms with van der Waals surface area (Å²) in [5, 5.41) is 9.85. The first-order valence-corrected chi connectivity index (χ1v) is 8.15. The van der Waals surface area contributed by atoms with E-state index in [4.69, 9.17) is 4.74 Å². The van der Waals surface area contributed by atoms with Gasteiger partial charge in [0.1, 0.15) is 12.4 Å². The van der Waals surface area contributed by atoms with Crippen molar-refractivity contribution in [1.82, 2.24) is 0 Å². The van der Waals surface area contributed by atoms with Crippen LogP contribution in [0.25, 0.3) is 0 Å². The van der Waals surface area contributed by atoms with E-state index in [9.17, 15) is 9.90 Å². The van der Waals surface area contributed by atoms with Crippen LogP contribution in [0.1, 0.15) is 25.7 Å². The van der Waals surface area contributed by atoms with E-state index >= 15 is 0 Å².